The molecule has 1 unspecified atom stereocenters. The monoisotopic (exact) mass is 854 g/mol. The first-order valence-electron chi connectivity index (χ1n) is 23.0. The Balaban J connectivity index is 0.994. The highest BCUT2D eigenvalue weighted by atomic mass is 16.5. The van der Waals surface area contributed by atoms with Gasteiger partial charge in [-0.1, -0.05) is 164 Å². The Morgan fingerprint density at radius 3 is 1.96 bits per heavy atom. The SMILES string of the molecule is c1ccc2c(c1)Oc1cc(N(c3ccc4c5ccccc5n(-c5ccc6oc7ccccc7c6c5)c4c3)c3cccc4ccccc34)ccc1C21c2ccccc2-c2cccc3cccc1c23. The Hall–Kier alpha value is -8.86. The van der Waals surface area contributed by atoms with Crippen molar-refractivity contribution < 1.29 is 9.15 Å². The maximum absolute atomic E-state index is 7.16. The minimum absolute atomic E-state index is 0.626. The molecule has 67 heavy (non-hydrogen) atoms. The number of hydrogen-bond acceptors (Lipinski definition) is 3. The minimum atomic E-state index is -0.626. The Labute approximate surface area is 385 Å². The van der Waals surface area contributed by atoms with Crippen molar-refractivity contribution in [2.75, 3.05) is 4.90 Å². The Morgan fingerprint density at radius 1 is 0.373 bits per heavy atom. The lowest BCUT2D eigenvalue weighted by molar-refractivity contribution is 0.435. The first-order valence-corrected chi connectivity index (χ1v) is 23.0. The lowest BCUT2D eigenvalue weighted by Crippen LogP contribution is -2.36. The molecule has 1 spiro atoms. The summed E-state index contributed by atoms with van der Waals surface area (Å²) >= 11 is 0. The van der Waals surface area contributed by atoms with E-state index in [0.717, 1.165) is 83.7 Å². The zero-order chi connectivity index (χ0) is 43.8. The van der Waals surface area contributed by atoms with Gasteiger partial charge in [0.05, 0.1) is 22.1 Å². The molecular formula is C63H38N2O2. The molecule has 2 aliphatic rings. The summed E-state index contributed by atoms with van der Waals surface area (Å²) in [7, 11) is 0. The van der Waals surface area contributed by atoms with Gasteiger partial charge in [-0.2, -0.15) is 0 Å². The van der Waals surface area contributed by atoms with Crippen molar-refractivity contribution in [1.82, 2.24) is 4.57 Å². The lowest BCUT2D eigenvalue weighted by Gasteiger charge is -2.45. The van der Waals surface area contributed by atoms with E-state index in [1.165, 1.54) is 49.2 Å². The molecule has 2 aromatic heterocycles. The highest BCUT2D eigenvalue weighted by Gasteiger charge is 2.49. The van der Waals surface area contributed by atoms with E-state index in [1.54, 1.807) is 0 Å². The van der Waals surface area contributed by atoms with Crippen molar-refractivity contribution in [3.8, 4) is 28.3 Å². The van der Waals surface area contributed by atoms with Crippen LogP contribution >= 0.6 is 0 Å². The number of furan rings is 1. The van der Waals surface area contributed by atoms with E-state index >= 15 is 0 Å². The van der Waals surface area contributed by atoms with Crippen LogP contribution in [-0.4, -0.2) is 4.57 Å². The largest absolute Gasteiger partial charge is 0.457 e. The normalized spacial score (nSPS) is 14.7. The quantitative estimate of drug-likeness (QED) is 0.177. The number of ether oxygens (including phenoxy) is 1. The van der Waals surface area contributed by atoms with Crippen LogP contribution in [0.15, 0.2) is 235 Å². The second kappa shape index (κ2) is 13.6. The molecule has 0 N–H and O–H groups in total. The molecule has 11 aromatic carbocycles. The van der Waals surface area contributed by atoms with Crippen LogP contribution in [0.2, 0.25) is 0 Å². The minimum Gasteiger partial charge on any atom is -0.457 e. The number of anilines is 3. The summed E-state index contributed by atoms with van der Waals surface area (Å²) in [5.74, 6) is 1.70. The molecule has 1 aliphatic heterocycles. The van der Waals surface area contributed by atoms with Crippen LogP contribution in [0.3, 0.4) is 0 Å². The average molecular weight is 855 g/mol. The van der Waals surface area contributed by atoms with Crippen molar-refractivity contribution in [1.29, 1.82) is 0 Å². The fourth-order valence-electron chi connectivity index (χ4n) is 11.9. The van der Waals surface area contributed by atoms with Crippen LogP contribution in [0.5, 0.6) is 11.5 Å². The zero-order valence-corrected chi connectivity index (χ0v) is 36.2. The molecule has 13 aromatic rings. The second-order valence-electron chi connectivity index (χ2n) is 17.9. The lowest BCUT2D eigenvalue weighted by atomic mass is 9.58. The summed E-state index contributed by atoms with van der Waals surface area (Å²) in [6.45, 7) is 0. The van der Waals surface area contributed by atoms with Crippen molar-refractivity contribution in [3.63, 3.8) is 0 Å². The molecule has 0 saturated carbocycles. The van der Waals surface area contributed by atoms with Crippen molar-refractivity contribution in [2.24, 2.45) is 0 Å². The molecule has 312 valence electrons. The molecule has 4 heteroatoms. The molecule has 1 aliphatic carbocycles. The number of hydrogen-bond donors (Lipinski definition) is 0. The van der Waals surface area contributed by atoms with E-state index in [2.05, 4.69) is 228 Å². The number of rotatable bonds is 4. The van der Waals surface area contributed by atoms with Gasteiger partial charge in [0.25, 0.3) is 0 Å². The van der Waals surface area contributed by atoms with Crippen molar-refractivity contribution in [2.45, 2.75) is 5.41 Å². The molecule has 0 amide bonds. The molecule has 1 atom stereocenters. The smallest absolute Gasteiger partial charge is 0.135 e. The molecule has 0 radical (unpaired) electrons. The van der Waals surface area contributed by atoms with Gasteiger partial charge in [-0.3, -0.25) is 0 Å². The van der Waals surface area contributed by atoms with E-state index in [0.29, 0.717) is 0 Å². The molecule has 3 heterocycles. The fourth-order valence-corrected chi connectivity index (χ4v) is 11.9. The number of aromatic nitrogens is 1. The number of para-hydroxylation sites is 3. The summed E-state index contributed by atoms with van der Waals surface area (Å²) in [6, 6.07) is 83.9. The van der Waals surface area contributed by atoms with Crippen LogP contribution in [-0.2, 0) is 5.41 Å². The van der Waals surface area contributed by atoms with Gasteiger partial charge >= 0.3 is 0 Å². The van der Waals surface area contributed by atoms with Crippen LogP contribution < -0.4 is 9.64 Å². The standard InChI is InChI=1S/C63H38N2O2/c1-2-18-44-39(14-1)15-13-27-55(44)64(42-30-33-47-46-20-4-8-26-56(46)65(57(47)37-42)41-32-35-59-50(36-41)48-21-5-9-28-58(48)66-59)43-31-34-53-61(38-43)67-60-29-10-7-24-52(60)63(53)51-23-6-3-19-45(51)49-22-11-16-40-17-12-25-54(63)62(40)49/h1-38H. The molecule has 15 rings (SSSR count). The van der Waals surface area contributed by atoms with E-state index < -0.39 is 5.41 Å². The predicted molar refractivity (Wildman–Crippen MR) is 275 cm³/mol. The highest BCUT2D eigenvalue weighted by Crippen LogP contribution is 2.61. The Morgan fingerprint density at radius 2 is 1.01 bits per heavy atom. The first kappa shape index (κ1) is 36.5. The fraction of sp³-hybridized carbons (Fsp3) is 0.0159. The van der Waals surface area contributed by atoms with E-state index in [9.17, 15) is 0 Å². The summed E-state index contributed by atoms with van der Waals surface area (Å²) in [5, 5.41) is 9.46. The zero-order valence-electron chi connectivity index (χ0n) is 36.2. The molecule has 0 fully saturated rings. The van der Waals surface area contributed by atoms with Crippen LogP contribution in [0.4, 0.5) is 17.1 Å². The Bertz CT molecular complexity index is 4220. The van der Waals surface area contributed by atoms with Crippen molar-refractivity contribution >= 4 is 82.4 Å². The van der Waals surface area contributed by atoms with Gasteiger partial charge < -0.3 is 18.6 Å². The van der Waals surface area contributed by atoms with E-state index in [4.69, 9.17) is 9.15 Å². The van der Waals surface area contributed by atoms with Gasteiger partial charge in [0, 0.05) is 61.2 Å². The maximum atomic E-state index is 7.16. The van der Waals surface area contributed by atoms with Gasteiger partial charge in [-0.25, -0.2) is 0 Å². The van der Waals surface area contributed by atoms with E-state index in [1.807, 2.05) is 12.1 Å². The first-order chi connectivity index (χ1) is 33.2. The maximum Gasteiger partial charge on any atom is 0.135 e. The van der Waals surface area contributed by atoms with Crippen LogP contribution in [0.25, 0.3) is 82.1 Å². The third-order valence-electron chi connectivity index (χ3n) is 14.6. The molecule has 4 nitrogen and oxygen atoms in total. The number of benzene rings is 11. The molecular weight excluding hydrogens is 817 g/mol. The number of nitrogens with zero attached hydrogens (tertiary/aromatic N) is 2. The Kier molecular flexibility index (Phi) is 7.40. The summed E-state index contributed by atoms with van der Waals surface area (Å²) in [5.41, 5.74) is 14.9. The van der Waals surface area contributed by atoms with Gasteiger partial charge in [-0.15, -0.1) is 0 Å². The molecule has 0 bridgehead atoms. The van der Waals surface area contributed by atoms with Crippen LogP contribution in [0, 0.1) is 0 Å². The predicted octanol–water partition coefficient (Wildman–Crippen LogP) is 16.9. The van der Waals surface area contributed by atoms with Crippen molar-refractivity contribution in [3.05, 3.63) is 253 Å². The number of fused-ring (bicyclic) bond motifs is 15. The topological polar surface area (TPSA) is 30.5 Å². The van der Waals surface area contributed by atoms with Gasteiger partial charge in [0.1, 0.15) is 22.7 Å². The second-order valence-corrected chi connectivity index (χ2v) is 17.9. The van der Waals surface area contributed by atoms with Crippen LogP contribution in [0.1, 0.15) is 22.3 Å². The third kappa shape index (κ3) is 4.96. The highest BCUT2D eigenvalue weighted by molar-refractivity contribution is 6.12. The summed E-state index contributed by atoms with van der Waals surface area (Å²) in [4.78, 5) is 2.41. The van der Waals surface area contributed by atoms with Gasteiger partial charge in [-0.05, 0) is 99.1 Å². The molecule has 0 saturated heterocycles. The van der Waals surface area contributed by atoms with Gasteiger partial charge in [0.15, 0.2) is 0 Å². The average Bonchev–Trinajstić information content (AvgIpc) is 3.93. The summed E-state index contributed by atoms with van der Waals surface area (Å²) in [6.07, 6.45) is 0. The van der Waals surface area contributed by atoms with Gasteiger partial charge in [0.2, 0.25) is 0 Å². The van der Waals surface area contributed by atoms with E-state index in [-0.39, 0.29) is 0 Å². The summed E-state index contributed by atoms with van der Waals surface area (Å²) < 4.78 is 15.9. The third-order valence-corrected chi connectivity index (χ3v) is 14.6.